The summed E-state index contributed by atoms with van der Waals surface area (Å²) < 4.78 is 7.00. The number of para-hydroxylation sites is 2. The van der Waals surface area contributed by atoms with Gasteiger partial charge in [0.25, 0.3) is 5.91 Å². The van der Waals surface area contributed by atoms with E-state index in [-0.39, 0.29) is 18.4 Å². The minimum atomic E-state index is -0.0521. The minimum absolute atomic E-state index is 0.0521. The van der Waals surface area contributed by atoms with Crippen LogP contribution in [0.4, 0.5) is 0 Å². The number of imidazole rings is 1. The van der Waals surface area contributed by atoms with E-state index in [2.05, 4.69) is 4.98 Å². The van der Waals surface area contributed by atoms with Crippen LogP contribution in [0.5, 0.6) is 0 Å². The van der Waals surface area contributed by atoms with Gasteiger partial charge in [-0.05, 0) is 24.5 Å². The van der Waals surface area contributed by atoms with Crippen molar-refractivity contribution >= 4 is 34.6 Å². The highest BCUT2D eigenvalue weighted by atomic mass is 32.2. The van der Waals surface area contributed by atoms with Crippen LogP contribution in [-0.2, 0) is 17.1 Å². The molecule has 28 heavy (non-hydrogen) atoms. The lowest BCUT2D eigenvalue weighted by atomic mass is 10.2. The molecule has 2 amide bonds. The SMILES string of the molecule is CSCc1nc2ccccc2n1CC(=O)N1CCN(C(=O)c2ccoc2)CC1. The Balaban J connectivity index is 1.43. The van der Waals surface area contributed by atoms with Crippen molar-refractivity contribution in [2.45, 2.75) is 12.3 Å². The highest BCUT2D eigenvalue weighted by Crippen LogP contribution is 2.19. The first-order chi connectivity index (χ1) is 13.7. The maximum absolute atomic E-state index is 12.9. The van der Waals surface area contributed by atoms with Crippen LogP contribution in [0.2, 0.25) is 0 Å². The topological polar surface area (TPSA) is 71.6 Å². The first kappa shape index (κ1) is 18.6. The van der Waals surface area contributed by atoms with Gasteiger partial charge in [0.1, 0.15) is 18.6 Å². The van der Waals surface area contributed by atoms with Crippen molar-refractivity contribution in [3.8, 4) is 0 Å². The molecule has 1 aromatic carbocycles. The zero-order valence-electron chi connectivity index (χ0n) is 15.7. The van der Waals surface area contributed by atoms with Gasteiger partial charge in [0, 0.05) is 26.2 Å². The smallest absolute Gasteiger partial charge is 0.257 e. The molecule has 3 aromatic rings. The van der Waals surface area contributed by atoms with Gasteiger partial charge in [0.05, 0.1) is 28.6 Å². The average molecular weight is 398 g/mol. The number of amides is 2. The number of furan rings is 1. The second kappa shape index (κ2) is 8.10. The molecule has 0 bridgehead atoms. The van der Waals surface area contributed by atoms with E-state index in [4.69, 9.17) is 4.42 Å². The van der Waals surface area contributed by atoms with Gasteiger partial charge in [-0.1, -0.05) is 12.1 Å². The number of fused-ring (bicyclic) bond motifs is 1. The molecule has 0 unspecified atom stereocenters. The fourth-order valence-corrected chi connectivity index (χ4v) is 3.98. The van der Waals surface area contributed by atoms with Gasteiger partial charge < -0.3 is 18.8 Å². The van der Waals surface area contributed by atoms with Crippen molar-refractivity contribution < 1.29 is 14.0 Å². The van der Waals surface area contributed by atoms with Crippen LogP contribution < -0.4 is 0 Å². The van der Waals surface area contributed by atoms with E-state index in [0.717, 1.165) is 22.6 Å². The summed E-state index contributed by atoms with van der Waals surface area (Å²) in [4.78, 5) is 33.6. The van der Waals surface area contributed by atoms with Crippen LogP contribution in [0, 0.1) is 0 Å². The molecule has 0 N–H and O–H groups in total. The van der Waals surface area contributed by atoms with Crippen LogP contribution >= 0.6 is 11.8 Å². The summed E-state index contributed by atoms with van der Waals surface area (Å²) in [6.07, 6.45) is 4.98. The molecule has 0 radical (unpaired) electrons. The number of carbonyl (C=O) groups excluding carboxylic acids is 2. The fourth-order valence-electron chi connectivity index (χ4n) is 3.50. The lowest BCUT2D eigenvalue weighted by Gasteiger charge is -2.34. The van der Waals surface area contributed by atoms with E-state index < -0.39 is 0 Å². The molecule has 1 saturated heterocycles. The number of hydrogen-bond donors (Lipinski definition) is 0. The summed E-state index contributed by atoms with van der Waals surface area (Å²) in [5, 5.41) is 0. The number of rotatable bonds is 5. The Morgan fingerprint density at radius 1 is 1.11 bits per heavy atom. The lowest BCUT2D eigenvalue weighted by molar-refractivity contribution is -0.133. The van der Waals surface area contributed by atoms with Gasteiger partial charge in [-0.2, -0.15) is 11.8 Å². The Morgan fingerprint density at radius 2 is 1.86 bits per heavy atom. The number of piperazine rings is 1. The van der Waals surface area contributed by atoms with Crippen molar-refractivity contribution in [2.24, 2.45) is 0 Å². The monoisotopic (exact) mass is 398 g/mol. The number of hydrogen-bond acceptors (Lipinski definition) is 5. The van der Waals surface area contributed by atoms with E-state index in [0.29, 0.717) is 31.7 Å². The van der Waals surface area contributed by atoms with Gasteiger partial charge in [-0.25, -0.2) is 4.98 Å². The molecule has 1 aliphatic heterocycles. The number of thioether (sulfide) groups is 1. The predicted octanol–water partition coefficient (Wildman–Crippen LogP) is 2.48. The van der Waals surface area contributed by atoms with E-state index >= 15 is 0 Å². The van der Waals surface area contributed by atoms with Crippen molar-refractivity contribution in [2.75, 3.05) is 32.4 Å². The molecule has 8 heteroatoms. The second-order valence-corrected chi connectivity index (χ2v) is 7.59. The third kappa shape index (κ3) is 3.64. The molecule has 0 spiro atoms. The van der Waals surface area contributed by atoms with Crippen LogP contribution in [-0.4, -0.2) is 63.6 Å². The third-order valence-corrected chi connectivity index (χ3v) is 5.54. The Bertz CT molecular complexity index is 975. The molecule has 0 aliphatic carbocycles. The minimum Gasteiger partial charge on any atom is -0.472 e. The molecule has 1 fully saturated rings. The molecule has 3 heterocycles. The van der Waals surface area contributed by atoms with Gasteiger partial charge in [0.15, 0.2) is 0 Å². The van der Waals surface area contributed by atoms with E-state index in [9.17, 15) is 9.59 Å². The zero-order valence-corrected chi connectivity index (χ0v) is 16.5. The normalized spacial score (nSPS) is 14.6. The summed E-state index contributed by atoms with van der Waals surface area (Å²) in [6.45, 7) is 2.39. The number of carbonyl (C=O) groups is 2. The number of benzene rings is 1. The average Bonchev–Trinajstić information content (AvgIpc) is 3.37. The quantitative estimate of drug-likeness (QED) is 0.660. The third-order valence-electron chi connectivity index (χ3n) is 4.99. The maximum atomic E-state index is 12.9. The van der Waals surface area contributed by atoms with E-state index in [1.807, 2.05) is 40.0 Å². The Morgan fingerprint density at radius 3 is 2.57 bits per heavy atom. The van der Waals surface area contributed by atoms with Crippen molar-refractivity contribution in [1.82, 2.24) is 19.4 Å². The van der Waals surface area contributed by atoms with Gasteiger partial charge in [-0.15, -0.1) is 0 Å². The highest BCUT2D eigenvalue weighted by Gasteiger charge is 2.26. The fraction of sp³-hybridized carbons (Fsp3) is 0.350. The summed E-state index contributed by atoms with van der Waals surface area (Å²) in [5.41, 5.74) is 2.44. The highest BCUT2D eigenvalue weighted by molar-refractivity contribution is 7.97. The lowest BCUT2D eigenvalue weighted by Crippen LogP contribution is -2.51. The van der Waals surface area contributed by atoms with Crippen LogP contribution in [0.25, 0.3) is 11.0 Å². The first-order valence-electron chi connectivity index (χ1n) is 9.19. The molecule has 4 rings (SSSR count). The molecule has 146 valence electrons. The molecule has 2 aromatic heterocycles. The summed E-state index contributed by atoms with van der Waals surface area (Å²) in [5.74, 6) is 1.68. The second-order valence-electron chi connectivity index (χ2n) is 6.72. The molecular weight excluding hydrogens is 376 g/mol. The first-order valence-corrected chi connectivity index (χ1v) is 10.6. The molecule has 0 saturated carbocycles. The van der Waals surface area contributed by atoms with Gasteiger partial charge in [0.2, 0.25) is 5.91 Å². The van der Waals surface area contributed by atoms with E-state index in [1.165, 1.54) is 12.5 Å². The molecule has 7 nitrogen and oxygen atoms in total. The van der Waals surface area contributed by atoms with Gasteiger partial charge in [-0.3, -0.25) is 9.59 Å². The van der Waals surface area contributed by atoms with Crippen LogP contribution in [0.3, 0.4) is 0 Å². The largest absolute Gasteiger partial charge is 0.472 e. The Hall–Kier alpha value is -2.74. The maximum Gasteiger partial charge on any atom is 0.257 e. The van der Waals surface area contributed by atoms with E-state index in [1.54, 1.807) is 22.7 Å². The standard InChI is InChI=1S/C20H22N4O3S/c1-28-14-18-21-16-4-2-3-5-17(16)24(18)12-19(25)22-7-9-23(10-8-22)20(26)15-6-11-27-13-15/h2-6,11,13H,7-10,12,14H2,1H3. The van der Waals surface area contributed by atoms with Crippen molar-refractivity contribution in [3.63, 3.8) is 0 Å². The van der Waals surface area contributed by atoms with Crippen LogP contribution in [0.15, 0.2) is 47.3 Å². The number of nitrogens with zero attached hydrogens (tertiary/aromatic N) is 4. The van der Waals surface area contributed by atoms with Crippen molar-refractivity contribution in [1.29, 1.82) is 0 Å². The zero-order chi connectivity index (χ0) is 19.5. The Kier molecular flexibility index (Phi) is 5.38. The number of aromatic nitrogens is 2. The predicted molar refractivity (Wildman–Crippen MR) is 108 cm³/mol. The summed E-state index contributed by atoms with van der Waals surface area (Å²) in [6, 6.07) is 9.56. The summed E-state index contributed by atoms with van der Waals surface area (Å²) >= 11 is 1.69. The molecule has 0 atom stereocenters. The van der Waals surface area contributed by atoms with Gasteiger partial charge >= 0.3 is 0 Å². The Labute approximate surface area is 167 Å². The summed E-state index contributed by atoms with van der Waals surface area (Å²) in [7, 11) is 0. The molecular formula is C20H22N4O3S. The molecule has 1 aliphatic rings. The van der Waals surface area contributed by atoms with Crippen LogP contribution in [0.1, 0.15) is 16.2 Å². The van der Waals surface area contributed by atoms with Crippen molar-refractivity contribution in [3.05, 3.63) is 54.2 Å².